The van der Waals surface area contributed by atoms with Gasteiger partial charge in [-0.2, -0.15) is 0 Å². The van der Waals surface area contributed by atoms with Crippen LogP contribution in [0, 0.1) is 11.8 Å². The number of aliphatic hydroxyl groups excluding tert-OH is 1. The van der Waals surface area contributed by atoms with E-state index < -0.39 is 0 Å². The topological polar surface area (TPSA) is 49.5 Å². The molecular weight excluding hydrogens is 224 g/mol. The monoisotopic (exact) mass is 254 g/mol. The summed E-state index contributed by atoms with van der Waals surface area (Å²) >= 11 is 0. The van der Waals surface area contributed by atoms with Gasteiger partial charge < -0.3 is 15.7 Å². The van der Waals surface area contributed by atoms with E-state index in [2.05, 4.69) is 11.8 Å². The highest BCUT2D eigenvalue weighted by atomic mass is 16.3. The fourth-order valence-electron chi connectivity index (χ4n) is 3.66. The van der Waals surface area contributed by atoms with E-state index in [1.807, 2.05) is 0 Å². The molecule has 1 aliphatic heterocycles. The highest BCUT2D eigenvalue weighted by Gasteiger charge is 2.24. The molecule has 3 N–H and O–H groups in total. The van der Waals surface area contributed by atoms with Crippen molar-refractivity contribution in [2.75, 3.05) is 19.6 Å². The van der Waals surface area contributed by atoms with E-state index in [0.717, 1.165) is 32.0 Å². The van der Waals surface area contributed by atoms with Crippen LogP contribution in [0.5, 0.6) is 0 Å². The van der Waals surface area contributed by atoms with E-state index >= 15 is 0 Å². The van der Waals surface area contributed by atoms with Gasteiger partial charge in [-0.1, -0.05) is 25.7 Å². The van der Waals surface area contributed by atoms with E-state index in [1.165, 1.54) is 38.5 Å². The number of β-amino-alcohol motifs (C(OH)–C–C–N with tert-alkyl or cyclic N) is 1. The smallest absolute Gasteiger partial charge is 0.0669 e. The van der Waals surface area contributed by atoms with Crippen LogP contribution in [0.25, 0.3) is 0 Å². The molecule has 3 nitrogen and oxygen atoms in total. The minimum absolute atomic E-state index is 0.111. The van der Waals surface area contributed by atoms with Gasteiger partial charge in [0.15, 0.2) is 0 Å². The molecule has 0 radical (unpaired) electrons. The number of hydrogen-bond acceptors (Lipinski definition) is 3. The predicted molar refractivity (Wildman–Crippen MR) is 75.4 cm³/mol. The van der Waals surface area contributed by atoms with Crippen LogP contribution in [0.3, 0.4) is 0 Å². The number of aliphatic hydroxyl groups is 1. The number of likely N-dealkylation sites (tertiary alicyclic amines) is 1. The second-order valence-corrected chi connectivity index (χ2v) is 6.54. The highest BCUT2D eigenvalue weighted by molar-refractivity contribution is 4.80. The van der Waals surface area contributed by atoms with Gasteiger partial charge in [0, 0.05) is 12.6 Å². The Morgan fingerprint density at radius 1 is 1.17 bits per heavy atom. The van der Waals surface area contributed by atoms with Crippen molar-refractivity contribution in [2.24, 2.45) is 17.6 Å². The second kappa shape index (κ2) is 6.88. The Hall–Kier alpha value is -0.120. The first-order valence-electron chi connectivity index (χ1n) is 7.81. The fourth-order valence-corrected chi connectivity index (χ4v) is 3.66. The van der Waals surface area contributed by atoms with Gasteiger partial charge in [0.2, 0.25) is 0 Å². The molecule has 1 aliphatic carbocycles. The third-order valence-electron chi connectivity index (χ3n) is 4.92. The van der Waals surface area contributed by atoms with Gasteiger partial charge in [0.1, 0.15) is 0 Å². The van der Waals surface area contributed by atoms with Crippen molar-refractivity contribution >= 4 is 0 Å². The second-order valence-electron chi connectivity index (χ2n) is 6.54. The van der Waals surface area contributed by atoms with Crippen molar-refractivity contribution in [1.29, 1.82) is 0 Å². The van der Waals surface area contributed by atoms with Crippen LogP contribution < -0.4 is 5.73 Å². The summed E-state index contributed by atoms with van der Waals surface area (Å²) < 4.78 is 0. The van der Waals surface area contributed by atoms with Crippen molar-refractivity contribution in [3.63, 3.8) is 0 Å². The van der Waals surface area contributed by atoms with Gasteiger partial charge >= 0.3 is 0 Å². The van der Waals surface area contributed by atoms with Gasteiger partial charge in [0.25, 0.3) is 0 Å². The van der Waals surface area contributed by atoms with Gasteiger partial charge in [-0.15, -0.1) is 0 Å². The van der Waals surface area contributed by atoms with Crippen LogP contribution in [-0.2, 0) is 0 Å². The minimum Gasteiger partial charge on any atom is -0.392 e. The van der Waals surface area contributed by atoms with Gasteiger partial charge in [-0.3, -0.25) is 0 Å². The maximum absolute atomic E-state index is 10.2. The van der Waals surface area contributed by atoms with Crippen LogP contribution in [0.1, 0.15) is 51.9 Å². The molecule has 2 rings (SSSR count). The number of nitrogens with two attached hydrogens (primary N) is 1. The molecule has 18 heavy (non-hydrogen) atoms. The molecule has 2 aliphatic rings. The summed E-state index contributed by atoms with van der Waals surface area (Å²) in [4.78, 5) is 2.43. The van der Waals surface area contributed by atoms with Crippen molar-refractivity contribution < 1.29 is 5.11 Å². The molecule has 2 fully saturated rings. The summed E-state index contributed by atoms with van der Waals surface area (Å²) in [6, 6.07) is 0.329. The van der Waals surface area contributed by atoms with E-state index in [9.17, 15) is 5.11 Å². The first-order valence-corrected chi connectivity index (χ1v) is 7.81. The summed E-state index contributed by atoms with van der Waals surface area (Å²) in [7, 11) is 0. The first-order chi connectivity index (χ1) is 8.65. The van der Waals surface area contributed by atoms with Crippen LogP contribution >= 0.6 is 0 Å². The molecule has 0 aromatic rings. The number of piperidine rings is 1. The molecule has 2 atom stereocenters. The van der Waals surface area contributed by atoms with Gasteiger partial charge in [0.05, 0.1) is 6.10 Å². The zero-order chi connectivity index (χ0) is 13.0. The molecule has 0 aromatic heterocycles. The summed E-state index contributed by atoms with van der Waals surface area (Å²) in [6.07, 6.45) is 8.73. The zero-order valence-corrected chi connectivity index (χ0v) is 11.9. The minimum atomic E-state index is -0.111. The molecule has 2 unspecified atom stereocenters. The van der Waals surface area contributed by atoms with E-state index in [-0.39, 0.29) is 6.10 Å². The van der Waals surface area contributed by atoms with Crippen molar-refractivity contribution in [3.05, 3.63) is 0 Å². The number of nitrogens with zero attached hydrogens (tertiary/aromatic N) is 1. The molecule has 0 spiro atoms. The number of hydrogen-bond donors (Lipinski definition) is 2. The van der Waals surface area contributed by atoms with Crippen LogP contribution in [-0.4, -0.2) is 41.8 Å². The van der Waals surface area contributed by atoms with Crippen molar-refractivity contribution in [2.45, 2.75) is 64.0 Å². The third-order valence-corrected chi connectivity index (χ3v) is 4.92. The Kier molecular flexibility index (Phi) is 5.46. The Bertz CT molecular complexity index is 231. The molecule has 3 heteroatoms. The average molecular weight is 254 g/mol. The summed E-state index contributed by atoms with van der Waals surface area (Å²) in [5.41, 5.74) is 5.95. The third kappa shape index (κ3) is 4.22. The Balaban J connectivity index is 1.64. The lowest BCUT2D eigenvalue weighted by atomic mass is 9.90. The molecule has 0 bridgehead atoms. The standard InChI is InChI=1S/C15H30N2O/c1-12(16)14-6-8-17(9-7-14)11-15(18)10-13-4-2-3-5-13/h12-15,18H,2-11,16H2,1H3. The van der Waals surface area contributed by atoms with Crippen molar-refractivity contribution in [1.82, 2.24) is 4.90 Å². The normalized spacial score (nSPS) is 27.5. The number of rotatable bonds is 5. The molecule has 0 amide bonds. The largest absolute Gasteiger partial charge is 0.392 e. The molecule has 1 saturated heterocycles. The Labute approximate surface area is 112 Å². The Morgan fingerprint density at radius 2 is 1.78 bits per heavy atom. The van der Waals surface area contributed by atoms with Gasteiger partial charge in [-0.05, 0) is 51.1 Å². The van der Waals surface area contributed by atoms with Crippen LogP contribution in [0.4, 0.5) is 0 Å². The highest BCUT2D eigenvalue weighted by Crippen LogP contribution is 2.29. The SMILES string of the molecule is CC(N)C1CCN(CC(O)CC2CCCC2)CC1. The van der Waals surface area contributed by atoms with Crippen LogP contribution in [0.15, 0.2) is 0 Å². The predicted octanol–water partition coefficient (Wildman–Crippen LogP) is 1.99. The van der Waals surface area contributed by atoms with E-state index in [1.54, 1.807) is 0 Å². The first kappa shape index (κ1) is 14.3. The maximum Gasteiger partial charge on any atom is 0.0669 e. The molecule has 106 valence electrons. The Morgan fingerprint density at radius 3 is 2.33 bits per heavy atom. The van der Waals surface area contributed by atoms with Crippen LogP contribution in [0.2, 0.25) is 0 Å². The summed E-state index contributed by atoms with van der Waals surface area (Å²) in [6.45, 7) is 5.24. The molecular formula is C15H30N2O. The quantitative estimate of drug-likeness (QED) is 0.789. The molecule has 0 aromatic carbocycles. The lowest BCUT2D eigenvalue weighted by Crippen LogP contribution is -2.42. The van der Waals surface area contributed by atoms with Gasteiger partial charge in [-0.25, -0.2) is 0 Å². The summed E-state index contributed by atoms with van der Waals surface area (Å²) in [5.74, 6) is 1.48. The fraction of sp³-hybridized carbons (Fsp3) is 1.00. The zero-order valence-electron chi connectivity index (χ0n) is 11.9. The lowest BCUT2D eigenvalue weighted by molar-refractivity contribution is 0.0708. The average Bonchev–Trinajstić information content (AvgIpc) is 2.82. The maximum atomic E-state index is 10.2. The molecule has 1 saturated carbocycles. The summed E-state index contributed by atoms with van der Waals surface area (Å²) in [5, 5.41) is 10.2. The van der Waals surface area contributed by atoms with Crippen molar-refractivity contribution in [3.8, 4) is 0 Å². The van der Waals surface area contributed by atoms with E-state index in [4.69, 9.17) is 5.73 Å². The lowest BCUT2D eigenvalue weighted by Gasteiger charge is -2.35. The van der Waals surface area contributed by atoms with E-state index in [0.29, 0.717) is 12.0 Å². The molecule has 1 heterocycles.